The van der Waals surface area contributed by atoms with Crippen molar-refractivity contribution < 1.29 is 9.53 Å². The molecule has 2 heterocycles. The van der Waals surface area contributed by atoms with Gasteiger partial charge in [0.15, 0.2) is 0 Å². The van der Waals surface area contributed by atoms with Crippen LogP contribution in [-0.2, 0) is 4.74 Å². The van der Waals surface area contributed by atoms with E-state index in [4.69, 9.17) is 4.74 Å². The van der Waals surface area contributed by atoms with Gasteiger partial charge < -0.3 is 15.4 Å². The number of nitrogens with one attached hydrogen (secondary N) is 2. The minimum Gasteiger partial charge on any atom is -0.358 e. The van der Waals surface area contributed by atoms with Crippen molar-refractivity contribution in [2.45, 2.75) is 25.1 Å². The summed E-state index contributed by atoms with van der Waals surface area (Å²) < 4.78 is 6.69. The van der Waals surface area contributed by atoms with Crippen LogP contribution in [0.2, 0.25) is 0 Å². The van der Waals surface area contributed by atoms with Crippen LogP contribution < -0.4 is 10.6 Å². The Kier molecular flexibility index (Phi) is 3.26. The van der Waals surface area contributed by atoms with E-state index in [1.807, 2.05) is 24.3 Å². The molecule has 2 aliphatic heterocycles. The molecule has 1 aromatic carbocycles. The van der Waals surface area contributed by atoms with Crippen molar-refractivity contribution in [3.8, 4) is 0 Å². The first kappa shape index (κ1) is 12.0. The number of hydrogen-bond acceptors (Lipinski definition) is 2. The van der Waals surface area contributed by atoms with Gasteiger partial charge in [-0.15, -0.1) is 0 Å². The number of carbonyl (C=O) groups excluding carboxylic acids is 1. The Morgan fingerprint density at radius 3 is 2.78 bits per heavy atom. The highest BCUT2D eigenvalue weighted by molar-refractivity contribution is 9.10. The zero-order valence-corrected chi connectivity index (χ0v) is 11.4. The molecule has 96 valence electrons. The van der Waals surface area contributed by atoms with Crippen molar-refractivity contribution in [1.29, 1.82) is 0 Å². The second-order valence-electron chi connectivity index (χ2n) is 4.74. The third-order valence-corrected chi connectivity index (χ3v) is 4.11. The molecular weight excluding hydrogens is 296 g/mol. The van der Waals surface area contributed by atoms with Crippen molar-refractivity contribution in [2.24, 2.45) is 5.92 Å². The van der Waals surface area contributed by atoms with E-state index in [9.17, 15) is 4.79 Å². The summed E-state index contributed by atoms with van der Waals surface area (Å²) >= 11 is 3.43. The molecule has 4 nitrogen and oxygen atoms in total. The fraction of sp³-hybridized carbons (Fsp3) is 0.462. The van der Waals surface area contributed by atoms with E-state index in [0.717, 1.165) is 29.5 Å². The first-order chi connectivity index (χ1) is 8.74. The molecular formula is C13H15BrN2O2. The van der Waals surface area contributed by atoms with Gasteiger partial charge in [-0.25, -0.2) is 4.79 Å². The van der Waals surface area contributed by atoms with Crippen LogP contribution in [0.1, 0.15) is 24.4 Å². The number of halogens is 1. The molecule has 1 aromatic rings. The molecule has 3 rings (SSSR count). The number of ether oxygens (including phenoxy) is 1. The largest absolute Gasteiger partial charge is 0.358 e. The van der Waals surface area contributed by atoms with Gasteiger partial charge in [0.2, 0.25) is 0 Å². The second kappa shape index (κ2) is 4.90. The fourth-order valence-corrected chi connectivity index (χ4v) is 2.98. The molecule has 2 aliphatic rings. The normalized spacial score (nSPS) is 31.2. The Morgan fingerprint density at radius 2 is 2.00 bits per heavy atom. The fourth-order valence-electron chi connectivity index (χ4n) is 2.71. The molecule has 0 saturated carbocycles. The minimum atomic E-state index is -0.152. The van der Waals surface area contributed by atoms with Gasteiger partial charge >= 0.3 is 6.03 Å². The van der Waals surface area contributed by atoms with E-state index in [1.54, 1.807) is 0 Å². The number of carbonyl (C=O) groups is 1. The van der Waals surface area contributed by atoms with Gasteiger partial charge in [-0.3, -0.25) is 0 Å². The van der Waals surface area contributed by atoms with Gasteiger partial charge in [0.1, 0.15) is 6.23 Å². The number of rotatable bonds is 1. The SMILES string of the molecule is O=C1NC2OCCCC2C(c2ccc(Br)cc2)N1. The van der Waals surface area contributed by atoms with Crippen LogP contribution in [0.5, 0.6) is 0 Å². The molecule has 5 heteroatoms. The summed E-state index contributed by atoms with van der Waals surface area (Å²) in [5.41, 5.74) is 1.13. The van der Waals surface area contributed by atoms with Crippen molar-refractivity contribution >= 4 is 22.0 Å². The molecule has 2 fully saturated rings. The van der Waals surface area contributed by atoms with Gasteiger partial charge in [0, 0.05) is 17.0 Å². The third-order valence-electron chi connectivity index (χ3n) is 3.59. The summed E-state index contributed by atoms with van der Waals surface area (Å²) in [6.45, 7) is 0.731. The van der Waals surface area contributed by atoms with Crippen molar-refractivity contribution in [3.05, 3.63) is 34.3 Å². The van der Waals surface area contributed by atoms with E-state index in [-0.39, 0.29) is 18.3 Å². The predicted molar refractivity (Wildman–Crippen MR) is 71.0 cm³/mol. The summed E-state index contributed by atoms with van der Waals surface area (Å²) in [5.74, 6) is 0.303. The molecule has 0 aromatic heterocycles. The van der Waals surface area contributed by atoms with Crippen LogP contribution in [0, 0.1) is 5.92 Å². The number of hydrogen-bond donors (Lipinski definition) is 2. The van der Waals surface area contributed by atoms with E-state index in [1.165, 1.54) is 0 Å². The lowest BCUT2D eigenvalue weighted by atomic mass is 9.85. The van der Waals surface area contributed by atoms with Gasteiger partial charge in [-0.05, 0) is 30.5 Å². The summed E-state index contributed by atoms with van der Waals surface area (Å²) in [7, 11) is 0. The van der Waals surface area contributed by atoms with Crippen LogP contribution in [0.25, 0.3) is 0 Å². The smallest absolute Gasteiger partial charge is 0.317 e. The molecule has 2 saturated heterocycles. The van der Waals surface area contributed by atoms with Gasteiger partial charge in [-0.1, -0.05) is 28.1 Å². The zero-order valence-electron chi connectivity index (χ0n) is 9.86. The third kappa shape index (κ3) is 2.24. The summed E-state index contributed by atoms with van der Waals surface area (Å²) in [6, 6.07) is 7.99. The molecule has 0 bridgehead atoms. The van der Waals surface area contributed by atoms with E-state index < -0.39 is 0 Å². The first-order valence-corrected chi connectivity index (χ1v) is 6.97. The molecule has 0 aliphatic carbocycles. The Morgan fingerprint density at radius 1 is 1.22 bits per heavy atom. The lowest BCUT2D eigenvalue weighted by Crippen LogP contribution is -2.58. The summed E-state index contributed by atoms with van der Waals surface area (Å²) in [5, 5.41) is 5.85. The highest BCUT2D eigenvalue weighted by atomic mass is 79.9. The van der Waals surface area contributed by atoms with Crippen molar-refractivity contribution in [2.75, 3.05) is 6.61 Å². The number of amides is 2. The zero-order chi connectivity index (χ0) is 12.5. The molecule has 0 spiro atoms. The summed E-state index contributed by atoms with van der Waals surface area (Å²) in [4.78, 5) is 11.7. The standard InChI is InChI=1S/C13H15BrN2O2/c14-9-5-3-8(4-6-9)11-10-2-1-7-18-12(10)16-13(17)15-11/h3-6,10-12H,1-2,7H2,(H2,15,16,17). The minimum absolute atomic E-state index is 0.0390. The maximum absolute atomic E-state index is 11.7. The Hall–Kier alpha value is -1.07. The molecule has 3 unspecified atom stereocenters. The molecule has 18 heavy (non-hydrogen) atoms. The monoisotopic (exact) mass is 310 g/mol. The van der Waals surface area contributed by atoms with Gasteiger partial charge in [-0.2, -0.15) is 0 Å². The highest BCUT2D eigenvalue weighted by Crippen LogP contribution is 2.34. The molecule has 0 radical (unpaired) electrons. The van der Waals surface area contributed by atoms with Crippen LogP contribution in [-0.4, -0.2) is 18.9 Å². The first-order valence-electron chi connectivity index (χ1n) is 6.18. The van der Waals surface area contributed by atoms with Crippen LogP contribution >= 0.6 is 15.9 Å². The number of benzene rings is 1. The molecule has 2 N–H and O–H groups in total. The lowest BCUT2D eigenvalue weighted by molar-refractivity contribution is -0.0602. The maximum atomic E-state index is 11.7. The highest BCUT2D eigenvalue weighted by Gasteiger charge is 2.39. The van der Waals surface area contributed by atoms with Gasteiger partial charge in [0.05, 0.1) is 6.04 Å². The number of urea groups is 1. The topological polar surface area (TPSA) is 50.4 Å². The van der Waals surface area contributed by atoms with E-state index >= 15 is 0 Å². The average Bonchev–Trinajstić information content (AvgIpc) is 2.38. The van der Waals surface area contributed by atoms with Crippen LogP contribution in [0.15, 0.2) is 28.7 Å². The number of fused-ring (bicyclic) bond motifs is 1. The molecule has 2 amide bonds. The Bertz CT molecular complexity index is 449. The molecule has 3 atom stereocenters. The summed E-state index contributed by atoms with van der Waals surface area (Å²) in [6.07, 6.45) is 1.96. The Balaban J connectivity index is 1.88. The van der Waals surface area contributed by atoms with Crippen molar-refractivity contribution in [1.82, 2.24) is 10.6 Å². The maximum Gasteiger partial charge on any atom is 0.317 e. The van der Waals surface area contributed by atoms with Crippen LogP contribution in [0.3, 0.4) is 0 Å². The lowest BCUT2D eigenvalue weighted by Gasteiger charge is -2.41. The van der Waals surface area contributed by atoms with Crippen molar-refractivity contribution in [3.63, 3.8) is 0 Å². The average molecular weight is 311 g/mol. The predicted octanol–water partition coefficient (Wildman–Crippen LogP) is 2.56. The van der Waals surface area contributed by atoms with E-state index in [0.29, 0.717) is 5.92 Å². The second-order valence-corrected chi connectivity index (χ2v) is 5.66. The van der Waals surface area contributed by atoms with Gasteiger partial charge in [0.25, 0.3) is 0 Å². The van der Waals surface area contributed by atoms with Crippen LogP contribution in [0.4, 0.5) is 4.79 Å². The Labute approximate surface area is 114 Å². The quantitative estimate of drug-likeness (QED) is 0.837. The van der Waals surface area contributed by atoms with E-state index in [2.05, 4.69) is 26.6 Å².